The second-order valence-electron chi connectivity index (χ2n) is 6.05. The van der Waals surface area contributed by atoms with E-state index in [1.165, 1.54) is 12.8 Å². The number of hydrogen-bond donors (Lipinski definition) is 3. The number of rotatable bonds is 17. The normalized spacial score (nSPS) is 11.4. The van der Waals surface area contributed by atoms with Crippen molar-refractivity contribution in [3.05, 3.63) is 36.5 Å². The highest BCUT2D eigenvalue weighted by atomic mass is 16.5. The van der Waals surface area contributed by atoms with Crippen molar-refractivity contribution in [2.24, 2.45) is 0 Å². The number of carbonyl (C=O) groups is 1. The van der Waals surface area contributed by atoms with Crippen LogP contribution in [0.15, 0.2) is 36.5 Å². The van der Waals surface area contributed by atoms with Crippen LogP contribution in [0, 0.1) is 0 Å². The summed E-state index contributed by atoms with van der Waals surface area (Å²) in [5.41, 5.74) is 0. The molecule has 0 aromatic rings. The standard InChI is InChI=1S/C18H30O2.C4H10O3/c1-2-3-4-5-6-7-8-9-10-11-12-13-14-15-16-17-18(19)20;5-1-3-7-4-2-6/h3-4,6-7,9-10H,2,5,8,11-17H2,1H3,(H,19,20);5-6H,1-4H2/b4-3-,7-6-,10-9-;. The summed E-state index contributed by atoms with van der Waals surface area (Å²) in [6.45, 7) is 2.84. The van der Waals surface area contributed by atoms with Crippen LogP contribution in [-0.4, -0.2) is 47.7 Å². The van der Waals surface area contributed by atoms with Gasteiger partial charge in [-0.25, -0.2) is 0 Å². The quantitative estimate of drug-likeness (QED) is 0.251. The molecule has 0 fully saturated rings. The lowest BCUT2D eigenvalue weighted by atomic mass is 10.1. The maximum absolute atomic E-state index is 10.3. The van der Waals surface area contributed by atoms with Gasteiger partial charge < -0.3 is 20.1 Å². The summed E-state index contributed by atoms with van der Waals surface area (Å²) in [7, 11) is 0. The van der Waals surface area contributed by atoms with Crippen LogP contribution in [0.3, 0.4) is 0 Å². The molecule has 0 aliphatic heterocycles. The van der Waals surface area contributed by atoms with E-state index in [2.05, 4.69) is 48.1 Å². The van der Waals surface area contributed by atoms with Crippen LogP contribution >= 0.6 is 0 Å². The molecular formula is C22H40O5. The molecule has 158 valence electrons. The summed E-state index contributed by atoms with van der Waals surface area (Å²) in [6.07, 6.45) is 23.4. The maximum Gasteiger partial charge on any atom is 0.303 e. The van der Waals surface area contributed by atoms with E-state index < -0.39 is 5.97 Å². The molecule has 3 N–H and O–H groups in total. The lowest BCUT2D eigenvalue weighted by molar-refractivity contribution is -0.137. The Morgan fingerprint density at radius 2 is 1.30 bits per heavy atom. The zero-order valence-electron chi connectivity index (χ0n) is 17.0. The van der Waals surface area contributed by atoms with E-state index in [1.807, 2.05) is 0 Å². The summed E-state index contributed by atoms with van der Waals surface area (Å²) in [5.74, 6) is -0.675. The number of aliphatic hydroxyl groups excluding tert-OH is 2. The Hall–Kier alpha value is -1.43. The van der Waals surface area contributed by atoms with Crippen molar-refractivity contribution in [2.45, 2.75) is 71.1 Å². The third kappa shape index (κ3) is 32.7. The Balaban J connectivity index is 0. The number of carboxylic acid groups (broad SMARTS) is 1. The van der Waals surface area contributed by atoms with Gasteiger partial charge in [0, 0.05) is 6.42 Å². The van der Waals surface area contributed by atoms with E-state index in [4.69, 9.17) is 15.3 Å². The lowest BCUT2D eigenvalue weighted by Gasteiger charge is -1.98. The molecule has 0 rings (SSSR count). The zero-order valence-corrected chi connectivity index (χ0v) is 17.0. The number of hydrogen-bond acceptors (Lipinski definition) is 4. The van der Waals surface area contributed by atoms with E-state index in [0.717, 1.165) is 44.9 Å². The molecule has 0 saturated heterocycles. The molecule has 5 nitrogen and oxygen atoms in total. The highest BCUT2D eigenvalue weighted by Crippen LogP contribution is 2.07. The number of aliphatic hydroxyl groups is 2. The van der Waals surface area contributed by atoms with Crippen molar-refractivity contribution < 1.29 is 24.9 Å². The molecule has 0 bridgehead atoms. The number of aliphatic carboxylic acids is 1. The minimum atomic E-state index is -0.675. The van der Waals surface area contributed by atoms with Gasteiger partial charge in [0.05, 0.1) is 26.4 Å². The third-order valence-corrected chi connectivity index (χ3v) is 3.51. The Bertz CT molecular complexity index is 371. The largest absolute Gasteiger partial charge is 0.481 e. The minimum absolute atomic E-state index is 0.0278. The first-order valence-electron chi connectivity index (χ1n) is 10.1. The van der Waals surface area contributed by atoms with Gasteiger partial charge in [-0.15, -0.1) is 0 Å². The number of carboxylic acids is 1. The van der Waals surface area contributed by atoms with Crippen molar-refractivity contribution in [1.82, 2.24) is 0 Å². The smallest absolute Gasteiger partial charge is 0.303 e. The fourth-order valence-electron chi connectivity index (χ4n) is 2.13. The van der Waals surface area contributed by atoms with Crippen LogP contribution in [0.25, 0.3) is 0 Å². The topological polar surface area (TPSA) is 87.0 Å². The molecule has 0 amide bonds. The fraction of sp³-hybridized carbons (Fsp3) is 0.682. The van der Waals surface area contributed by atoms with Crippen molar-refractivity contribution in [1.29, 1.82) is 0 Å². The lowest BCUT2D eigenvalue weighted by Crippen LogP contribution is -2.03. The van der Waals surface area contributed by atoms with Crippen molar-refractivity contribution in [3.63, 3.8) is 0 Å². The summed E-state index contributed by atoms with van der Waals surface area (Å²) < 4.78 is 4.63. The second-order valence-corrected chi connectivity index (χ2v) is 6.05. The molecule has 0 aromatic heterocycles. The number of ether oxygens (including phenoxy) is 1. The van der Waals surface area contributed by atoms with Gasteiger partial charge in [0.25, 0.3) is 0 Å². The Kier molecular flexibility index (Phi) is 27.6. The molecule has 0 aliphatic rings. The number of unbranched alkanes of at least 4 members (excludes halogenated alkanes) is 5. The average Bonchev–Trinajstić information content (AvgIpc) is 2.65. The molecule has 0 aromatic carbocycles. The van der Waals surface area contributed by atoms with Crippen LogP contribution in [0.5, 0.6) is 0 Å². The van der Waals surface area contributed by atoms with E-state index in [9.17, 15) is 4.79 Å². The van der Waals surface area contributed by atoms with Crippen LogP contribution in [0.1, 0.15) is 71.1 Å². The van der Waals surface area contributed by atoms with Gasteiger partial charge in [-0.1, -0.05) is 62.6 Å². The highest BCUT2D eigenvalue weighted by molar-refractivity contribution is 5.66. The maximum atomic E-state index is 10.3. The molecule has 5 heteroatoms. The predicted molar refractivity (Wildman–Crippen MR) is 112 cm³/mol. The van der Waals surface area contributed by atoms with Crippen LogP contribution in [0.2, 0.25) is 0 Å². The Labute approximate surface area is 165 Å². The molecule has 0 radical (unpaired) electrons. The molecular weight excluding hydrogens is 344 g/mol. The fourth-order valence-corrected chi connectivity index (χ4v) is 2.13. The molecule has 27 heavy (non-hydrogen) atoms. The van der Waals surface area contributed by atoms with E-state index in [-0.39, 0.29) is 13.2 Å². The van der Waals surface area contributed by atoms with Gasteiger partial charge in [-0.05, 0) is 38.5 Å². The summed E-state index contributed by atoms with van der Waals surface area (Å²) in [4.78, 5) is 10.3. The van der Waals surface area contributed by atoms with Gasteiger partial charge in [0.2, 0.25) is 0 Å². The molecule has 0 heterocycles. The first-order valence-corrected chi connectivity index (χ1v) is 10.1. The Morgan fingerprint density at radius 1 is 0.778 bits per heavy atom. The monoisotopic (exact) mass is 384 g/mol. The van der Waals surface area contributed by atoms with Crippen molar-refractivity contribution in [3.8, 4) is 0 Å². The summed E-state index contributed by atoms with van der Waals surface area (Å²) in [5, 5.41) is 24.7. The third-order valence-electron chi connectivity index (χ3n) is 3.51. The van der Waals surface area contributed by atoms with Gasteiger partial charge in [0.15, 0.2) is 0 Å². The first kappa shape index (κ1) is 27.8. The van der Waals surface area contributed by atoms with Crippen LogP contribution < -0.4 is 0 Å². The Morgan fingerprint density at radius 3 is 1.85 bits per heavy atom. The van der Waals surface area contributed by atoms with E-state index in [1.54, 1.807) is 0 Å². The predicted octanol–water partition coefficient (Wildman–Crippen LogP) is 4.65. The van der Waals surface area contributed by atoms with Crippen molar-refractivity contribution >= 4 is 5.97 Å². The SMILES string of the molecule is CC/C=C\C/C=C\C/C=C\CCCCCCCC(=O)O.OCCOCCO. The van der Waals surface area contributed by atoms with Gasteiger partial charge in [0.1, 0.15) is 0 Å². The minimum Gasteiger partial charge on any atom is -0.481 e. The van der Waals surface area contributed by atoms with E-state index in [0.29, 0.717) is 19.6 Å². The molecule has 0 saturated carbocycles. The molecule has 0 unspecified atom stereocenters. The van der Waals surface area contributed by atoms with Gasteiger partial charge in [-0.2, -0.15) is 0 Å². The van der Waals surface area contributed by atoms with Crippen LogP contribution in [-0.2, 0) is 9.53 Å². The highest BCUT2D eigenvalue weighted by Gasteiger charge is 1.95. The van der Waals surface area contributed by atoms with E-state index >= 15 is 0 Å². The molecule has 0 atom stereocenters. The number of allylic oxidation sites excluding steroid dienone is 6. The molecule has 0 aliphatic carbocycles. The summed E-state index contributed by atoms with van der Waals surface area (Å²) in [6, 6.07) is 0. The average molecular weight is 385 g/mol. The summed E-state index contributed by atoms with van der Waals surface area (Å²) >= 11 is 0. The second kappa shape index (κ2) is 26.8. The van der Waals surface area contributed by atoms with Crippen molar-refractivity contribution in [2.75, 3.05) is 26.4 Å². The zero-order chi connectivity index (χ0) is 20.4. The van der Waals surface area contributed by atoms with Gasteiger partial charge >= 0.3 is 5.97 Å². The van der Waals surface area contributed by atoms with Crippen LogP contribution in [0.4, 0.5) is 0 Å². The molecule has 0 spiro atoms. The van der Waals surface area contributed by atoms with Gasteiger partial charge in [-0.3, -0.25) is 4.79 Å². The first-order chi connectivity index (χ1) is 13.2.